The number of anilines is 1. The Kier molecular flexibility index (Phi) is 8.80. The summed E-state index contributed by atoms with van der Waals surface area (Å²) in [6, 6.07) is 10.8. The van der Waals surface area contributed by atoms with Crippen LogP contribution in [0.15, 0.2) is 42.7 Å². The quantitative estimate of drug-likeness (QED) is 0.351. The standard InChI is InChI=1S/C29H35ClN4O5/c1-18(35)13-23(19-7-6-8-20(30)14-19)33-27-22-15-26(25(37-5)16-24(22)31-17-32-27)38-21-9-11-34(12-10-21)28(36)39-29(2,3)4/h6-8,14-17,21,23H,9-13H2,1-5H3,(H,31,32,33). The molecule has 1 atom stereocenters. The molecule has 208 valence electrons. The van der Waals surface area contributed by atoms with Gasteiger partial charge in [0, 0.05) is 48.8 Å². The molecule has 3 aromatic rings. The third-order valence-corrected chi connectivity index (χ3v) is 6.60. The molecular weight excluding hydrogens is 520 g/mol. The molecule has 39 heavy (non-hydrogen) atoms. The SMILES string of the molecule is COc1cc2ncnc(NC(CC(C)=O)c3cccc(Cl)c3)c2cc1OC1CCN(C(=O)OC(C)(C)C)CC1. The number of halogens is 1. The molecule has 1 saturated heterocycles. The van der Waals surface area contributed by atoms with Gasteiger partial charge < -0.3 is 24.4 Å². The average Bonchev–Trinajstić information content (AvgIpc) is 2.87. The lowest BCUT2D eigenvalue weighted by atomic mass is 10.0. The Morgan fingerprint density at radius 1 is 1.13 bits per heavy atom. The molecule has 1 unspecified atom stereocenters. The van der Waals surface area contributed by atoms with Gasteiger partial charge in [-0.15, -0.1) is 0 Å². The second-order valence-electron chi connectivity index (χ2n) is 10.7. The minimum Gasteiger partial charge on any atom is -0.493 e. The van der Waals surface area contributed by atoms with Crippen molar-refractivity contribution in [2.75, 3.05) is 25.5 Å². The Morgan fingerprint density at radius 3 is 2.51 bits per heavy atom. The Hall–Kier alpha value is -3.59. The molecule has 1 fully saturated rings. The average molecular weight is 555 g/mol. The van der Waals surface area contributed by atoms with Crippen LogP contribution in [0.4, 0.5) is 10.6 Å². The van der Waals surface area contributed by atoms with Gasteiger partial charge in [-0.3, -0.25) is 4.79 Å². The number of benzene rings is 2. The summed E-state index contributed by atoms with van der Waals surface area (Å²) in [7, 11) is 1.58. The number of amides is 1. The Bertz CT molecular complexity index is 1330. The number of Topliss-reactive ketones (excluding diaryl/α,β-unsaturated/α-hetero) is 1. The van der Waals surface area contributed by atoms with Crippen LogP contribution in [-0.4, -0.2) is 58.6 Å². The van der Waals surface area contributed by atoms with Crippen LogP contribution in [0.1, 0.15) is 58.6 Å². The van der Waals surface area contributed by atoms with Crippen molar-refractivity contribution in [3.05, 3.63) is 53.3 Å². The summed E-state index contributed by atoms with van der Waals surface area (Å²) in [6.45, 7) is 8.21. The molecule has 1 aromatic heterocycles. The fraction of sp³-hybridized carbons (Fsp3) is 0.448. The summed E-state index contributed by atoms with van der Waals surface area (Å²) in [5, 5.41) is 4.74. The van der Waals surface area contributed by atoms with Crippen molar-refractivity contribution in [2.24, 2.45) is 0 Å². The van der Waals surface area contributed by atoms with Crippen LogP contribution in [-0.2, 0) is 9.53 Å². The van der Waals surface area contributed by atoms with Crippen LogP contribution in [0.2, 0.25) is 5.02 Å². The van der Waals surface area contributed by atoms with Gasteiger partial charge in [0.25, 0.3) is 0 Å². The van der Waals surface area contributed by atoms with E-state index in [1.54, 1.807) is 25.0 Å². The molecule has 0 bridgehead atoms. The summed E-state index contributed by atoms with van der Waals surface area (Å²) < 4.78 is 17.5. The van der Waals surface area contributed by atoms with Crippen LogP contribution in [0.3, 0.4) is 0 Å². The van der Waals surface area contributed by atoms with E-state index >= 15 is 0 Å². The number of rotatable bonds is 8. The maximum Gasteiger partial charge on any atom is 0.410 e. The van der Waals surface area contributed by atoms with Crippen molar-refractivity contribution >= 4 is 40.2 Å². The van der Waals surface area contributed by atoms with E-state index in [1.165, 1.54) is 6.33 Å². The molecule has 9 nitrogen and oxygen atoms in total. The number of fused-ring (bicyclic) bond motifs is 1. The number of methoxy groups -OCH3 is 1. The minimum atomic E-state index is -0.535. The van der Waals surface area contributed by atoms with Crippen molar-refractivity contribution in [3.8, 4) is 11.5 Å². The molecule has 4 rings (SSSR count). The van der Waals surface area contributed by atoms with E-state index in [0.29, 0.717) is 53.8 Å². The number of piperidine rings is 1. The smallest absolute Gasteiger partial charge is 0.410 e. The van der Waals surface area contributed by atoms with Crippen LogP contribution in [0.5, 0.6) is 11.5 Å². The zero-order valence-corrected chi connectivity index (χ0v) is 23.7. The highest BCUT2D eigenvalue weighted by atomic mass is 35.5. The van der Waals surface area contributed by atoms with E-state index in [9.17, 15) is 9.59 Å². The number of nitrogens with zero attached hydrogens (tertiary/aromatic N) is 3. The molecular formula is C29H35ClN4O5. The van der Waals surface area contributed by atoms with Gasteiger partial charge in [-0.05, 0) is 51.5 Å². The zero-order valence-electron chi connectivity index (χ0n) is 23.0. The van der Waals surface area contributed by atoms with E-state index in [4.69, 9.17) is 25.8 Å². The fourth-order valence-corrected chi connectivity index (χ4v) is 4.72. The number of ketones is 1. The number of ether oxygens (including phenoxy) is 3. The summed E-state index contributed by atoms with van der Waals surface area (Å²) in [6.07, 6.45) is 2.64. The predicted molar refractivity (Wildman–Crippen MR) is 151 cm³/mol. The lowest BCUT2D eigenvalue weighted by molar-refractivity contribution is -0.117. The third kappa shape index (κ3) is 7.50. The van der Waals surface area contributed by atoms with Gasteiger partial charge in [0.05, 0.1) is 18.7 Å². The van der Waals surface area contributed by atoms with Gasteiger partial charge in [-0.25, -0.2) is 14.8 Å². The van der Waals surface area contributed by atoms with E-state index in [2.05, 4.69) is 15.3 Å². The Morgan fingerprint density at radius 2 is 1.87 bits per heavy atom. The first-order valence-corrected chi connectivity index (χ1v) is 13.4. The number of aromatic nitrogens is 2. The van der Waals surface area contributed by atoms with Gasteiger partial charge in [0.15, 0.2) is 11.5 Å². The molecule has 1 amide bonds. The molecule has 2 heterocycles. The largest absolute Gasteiger partial charge is 0.493 e. The van der Waals surface area contributed by atoms with Gasteiger partial charge in [-0.1, -0.05) is 23.7 Å². The molecule has 2 aromatic carbocycles. The first-order chi connectivity index (χ1) is 18.5. The van der Waals surface area contributed by atoms with Crippen molar-refractivity contribution < 1.29 is 23.8 Å². The molecule has 1 N–H and O–H groups in total. The number of nitrogens with one attached hydrogen (secondary N) is 1. The zero-order chi connectivity index (χ0) is 28.2. The number of hydrogen-bond donors (Lipinski definition) is 1. The van der Waals surface area contributed by atoms with Crippen molar-refractivity contribution in [2.45, 2.75) is 64.7 Å². The lowest BCUT2D eigenvalue weighted by Gasteiger charge is -2.33. The molecule has 1 aliphatic heterocycles. The third-order valence-electron chi connectivity index (χ3n) is 6.36. The molecule has 0 saturated carbocycles. The normalized spacial score (nSPS) is 15.1. The Labute approximate surface area is 233 Å². The number of carbonyl (C=O) groups is 2. The van der Waals surface area contributed by atoms with Gasteiger partial charge in [0.2, 0.25) is 0 Å². The molecule has 0 aliphatic carbocycles. The highest BCUT2D eigenvalue weighted by Crippen LogP contribution is 2.37. The van der Waals surface area contributed by atoms with Crippen LogP contribution in [0.25, 0.3) is 10.9 Å². The molecule has 0 radical (unpaired) electrons. The number of carbonyl (C=O) groups excluding carboxylic acids is 2. The Balaban J connectivity index is 1.56. The monoisotopic (exact) mass is 554 g/mol. The van der Waals surface area contributed by atoms with E-state index in [1.807, 2.05) is 51.1 Å². The van der Waals surface area contributed by atoms with Gasteiger partial charge >= 0.3 is 6.09 Å². The van der Waals surface area contributed by atoms with E-state index in [-0.39, 0.29) is 30.4 Å². The molecule has 1 aliphatic rings. The van der Waals surface area contributed by atoms with Crippen molar-refractivity contribution in [1.29, 1.82) is 0 Å². The predicted octanol–water partition coefficient (Wildman–Crippen LogP) is 6.20. The second-order valence-corrected chi connectivity index (χ2v) is 11.1. The highest BCUT2D eigenvalue weighted by Gasteiger charge is 2.28. The molecule has 0 spiro atoms. The van der Waals surface area contributed by atoms with Gasteiger partial charge in [0.1, 0.15) is 29.6 Å². The van der Waals surface area contributed by atoms with E-state index in [0.717, 1.165) is 10.9 Å². The first kappa shape index (κ1) is 28.4. The summed E-state index contributed by atoms with van der Waals surface area (Å²) in [4.78, 5) is 35.1. The lowest BCUT2D eigenvalue weighted by Crippen LogP contribution is -2.44. The summed E-state index contributed by atoms with van der Waals surface area (Å²) in [5.74, 6) is 1.72. The maximum absolute atomic E-state index is 12.4. The first-order valence-electron chi connectivity index (χ1n) is 13.0. The topological polar surface area (TPSA) is 103 Å². The van der Waals surface area contributed by atoms with Crippen LogP contribution >= 0.6 is 11.6 Å². The summed E-state index contributed by atoms with van der Waals surface area (Å²) >= 11 is 6.23. The van der Waals surface area contributed by atoms with E-state index < -0.39 is 5.60 Å². The van der Waals surface area contributed by atoms with Gasteiger partial charge in [-0.2, -0.15) is 0 Å². The number of hydrogen-bond acceptors (Lipinski definition) is 8. The summed E-state index contributed by atoms with van der Waals surface area (Å²) in [5.41, 5.74) is 1.02. The fourth-order valence-electron chi connectivity index (χ4n) is 4.52. The van der Waals surface area contributed by atoms with Crippen molar-refractivity contribution in [1.82, 2.24) is 14.9 Å². The van der Waals surface area contributed by atoms with Crippen LogP contribution < -0.4 is 14.8 Å². The number of likely N-dealkylation sites (tertiary alicyclic amines) is 1. The minimum absolute atomic E-state index is 0.0363. The maximum atomic E-state index is 12.4. The van der Waals surface area contributed by atoms with Crippen LogP contribution in [0, 0.1) is 0 Å². The second kappa shape index (κ2) is 12.1. The van der Waals surface area contributed by atoms with Crippen molar-refractivity contribution in [3.63, 3.8) is 0 Å². The highest BCUT2D eigenvalue weighted by molar-refractivity contribution is 6.30. The molecule has 10 heteroatoms.